The van der Waals surface area contributed by atoms with Crippen LogP contribution in [0.3, 0.4) is 0 Å². The number of pyridine rings is 1. The van der Waals surface area contributed by atoms with E-state index in [1.807, 2.05) is 0 Å². The number of hydrogen-bond donors (Lipinski definition) is 2. The van der Waals surface area contributed by atoms with Gasteiger partial charge in [0, 0.05) is 44.5 Å². The number of hydrogen-bond acceptors (Lipinski definition) is 8. The molecule has 1 unspecified atom stereocenters. The number of benzene rings is 1. The third kappa shape index (κ3) is 4.65. The van der Waals surface area contributed by atoms with Crippen LogP contribution in [0.15, 0.2) is 30.5 Å². The van der Waals surface area contributed by atoms with Crippen LogP contribution >= 0.6 is 12.6 Å². The highest BCUT2D eigenvalue weighted by molar-refractivity contribution is 7.81. The van der Waals surface area contributed by atoms with Gasteiger partial charge in [-0.2, -0.15) is 18.4 Å². The minimum Gasteiger partial charge on any atom is -0.489 e. The number of carbonyl (C=O) groups excluding carboxylic acids is 1. The van der Waals surface area contributed by atoms with Crippen LogP contribution in [0, 0.1) is 17.1 Å². The summed E-state index contributed by atoms with van der Waals surface area (Å²) in [5, 5.41) is 12.3. The summed E-state index contributed by atoms with van der Waals surface area (Å²) in [5.41, 5.74) is -3.87. The summed E-state index contributed by atoms with van der Waals surface area (Å²) < 4.78 is 61.4. The highest BCUT2D eigenvalue weighted by Gasteiger charge is 2.60. The lowest BCUT2D eigenvalue weighted by Gasteiger charge is -2.44. The van der Waals surface area contributed by atoms with Crippen molar-refractivity contribution in [2.45, 2.75) is 36.5 Å². The molecule has 2 saturated heterocycles. The zero-order valence-electron chi connectivity index (χ0n) is 20.3. The summed E-state index contributed by atoms with van der Waals surface area (Å²) in [6.45, 7) is 4.58. The molecule has 1 atom stereocenters. The maximum absolute atomic E-state index is 15.1. The number of halogens is 4. The Labute approximate surface area is 222 Å². The molecule has 38 heavy (non-hydrogen) atoms. The average Bonchev–Trinajstić information content (AvgIpc) is 3.11. The van der Waals surface area contributed by atoms with Crippen molar-refractivity contribution in [2.24, 2.45) is 0 Å². The molecular weight excluding hydrogens is 524 g/mol. The third-order valence-corrected chi connectivity index (χ3v) is 7.81. The Morgan fingerprint density at radius 1 is 1.21 bits per heavy atom. The molecule has 5 rings (SSSR count). The summed E-state index contributed by atoms with van der Waals surface area (Å²) in [4.78, 5) is 22.2. The second kappa shape index (κ2) is 10.2. The second-order valence-electron chi connectivity index (χ2n) is 9.53. The van der Waals surface area contributed by atoms with Gasteiger partial charge in [0.2, 0.25) is 0 Å². The van der Waals surface area contributed by atoms with Crippen LogP contribution in [0.1, 0.15) is 30.5 Å². The first-order chi connectivity index (χ1) is 18.2. The number of piperazine rings is 1. The Morgan fingerprint density at radius 3 is 2.55 bits per heavy atom. The van der Waals surface area contributed by atoms with Gasteiger partial charge in [0.1, 0.15) is 18.2 Å². The van der Waals surface area contributed by atoms with Crippen LogP contribution in [0.5, 0.6) is 5.75 Å². The van der Waals surface area contributed by atoms with E-state index in [1.165, 1.54) is 18.2 Å². The summed E-state index contributed by atoms with van der Waals surface area (Å²) in [7, 11) is 0. The van der Waals surface area contributed by atoms with Crippen LogP contribution in [-0.4, -0.2) is 66.2 Å². The molecule has 1 aliphatic carbocycles. The standard InChI is InChI=1S/C25H26F4N6O2S/c26-19-13-16(2-3-21(19)37-11-10-33-8-6-31-7-9-33)35-23(38)34(22(36)24(35)4-1-5-24)17-12-18(25(27,28)29)20(14-30)32-15-17/h2-3,12-13,15,23,31,38H,1,4-11H2. The number of anilines is 2. The number of ether oxygens (including phenoxy) is 1. The first-order valence-corrected chi connectivity index (χ1v) is 12.8. The van der Waals surface area contributed by atoms with Crippen molar-refractivity contribution in [3.8, 4) is 11.8 Å². The number of carbonyl (C=O) groups is 1. The highest BCUT2D eigenvalue weighted by Crippen LogP contribution is 2.50. The van der Waals surface area contributed by atoms with E-state index in [0.29, 0.717) is 31.7 Å². The van der Waals surface area contributed by atoms with E-state index < -0.39 is 40.2 Å². The fourth-order valence-corrected chi connectivity index (χ4v) is 5.83. The van der Waals surface area contributed by atoms with Gasteiger partial charge in [0.15, 0.2) is 22.8 Å². The number of thiol groups is 1. The molecule has 1 amide bonds. The fourth-order valence-electron chi connectivity index (χ4n) is 5.23. The maximum atomic E-state index is 15.1. The molecule has 3 heterocycles. The summed E-state index contributed by atoms with van der Waals surface area (Å²) in [6, 6.07) is 6.55. The van der Waals surface area contributed by atoms with Gasteiger partial charge in [0.25, 0.3) is 5.91 Å². The average molecular weight is 551 g/mol. The molecule has 202 valence electrons. The van der Waals surface area contributed by atoms with Gasteiger partial charge >= 0.3 is 6.18 Å². The van der Waals surface area contributed by atoms with Crippen molar-refractivity contribution in [1.29, 1.82) is 5.26 Å². The first-order valence-electron chi connectivity index (χ1n) is 12.3. The van der Waals surface area contributed by atoms with Gasteiger partial charge in [-0.05, 0) is 37.5 Å². The highest BCUT2D eigenvalue weighted by atomic mass is 32.1. The smallest absolute Gasteiger partial charge is 0.419 e. The fraction of sp³-hybridized carbons (Fsp3) is 0.480. The molecule has 3 fully saturated rings. The molecule has 2 aliphatic heterocycles. The van der Waals surface area contributed by atoms with Crippen LogP contribution in [0.2, 0.25) is 0 Å². The number of rotatable bonds is 6. The number of nitrogens with zero attached hydrogens (tertiary/aromatic N) is 5. The number of nitrogens with one attached hydrogen (secondary N) is 1. The Kier molecular flexibility index (Phi) is 7.15. The lowest BCUT2D eigenvalue weighted by Crippen LogP contribution is -2.55. The Bertz CT molecular complexity index is 1260. The van der Waals surface area contributed by atoms with E-state index in [4.69, 9.17) is 10.00 Å². The van der Waals surface area contributed by atoms with E-state index in [0.717, 1.165) is 49.8 Å². The Balaban J connectivity index is 1.39. The van der Waals surface area contributed by atoms with E-state index >= 15 is 4.39 Å². The van der Waals surface area contributed by atoms with Crippen molar-refractivity contribution in [2.75, 3.05) is 49.1 Å². The molecule has 0 radical (unpaired) electrons. The van der Waals surface area contributed by atoms with Crippen molar-refractivity contribution in [3.05, 3.63) is 47.5 Å². The van der Waals surface area contributed by atoms with Gasteiger partial charge in [-0.3, -0.25) is 14.6 Å². The SMILES string of the molecule is N#Cc1ncc(N2C(=O)C3(CCC3)N(c3ccc(OCCN4CCNCC4)c(F)c3)C2S)cc1C(F)(F)F. The second-order valence-corrected chi connectivity index (χ2v) is 9.99. The predicted molar refractivity (Wildman–Crippen MR) is 134 cm³/mol. The molecule has 1 saturated carbocycles. The quantitative estimate of drug-likeness (QED) is 0.422. The molecule has 1 aromatic heterocycles. The maximum Gasteiger partial charge on any atom is 0.419 e. The lowest BCUT2D eigenvalue weighted by atomic mass is 9.75. The van der Waals surface area contributed by atoms with Crippen LogP contribution < -0.4 is 19.9 Å². The first kappa shape index (κ1) is 26.5. The van der Waals surface area contributed by atoms with Crippen molar-refractivity contribution >= 4 is 29.9 Å². The van der Waals surface area contributed by atoms with E-state index in [-0.39, 0.29) is 11.4 Å². The van der Waals surface area contributed by atoms with Crippen molar-refractivity contribution < 1.29 is 27.1 Å². The van der Waals surface area contributed by atoms with Crippen LogP contribution in [0.25, 0.3) is 0 Å². The van der Waals surface area contributed by atoms with Gasteiger partial charge in [-0.15, -0.1) is 12.6 Å². The summed E-state index contributed by atoms with van der Waals surface area (Å²) >= 11 is 4.59. The van der Waals surface area contributed by atoms with Gasteiger partial charge < -0.3 is 15.0 Å². The normalized spacial score (nSPS) is 21.5. The van der Waals surface area contributed by atoms with Crippen LogP contribution in [-0.2, 0) is 11.0 Å². The number of nitriles is 1. The topological polar surface area (TPSA) is 84.7 Å². The molecule has 8 nitrogen and oxygen atoms in total. The zero-order valence-corrected chi connectivity index (χ0v) is 21.2. The molecule has 2 aromatic rings. The third-order valence-electron chi connectivity index (χ3n) is 7.35. The molecule has 1 N–H and O–H groups in total. The summed E-state index contributed by atoms with van der Waals surface area (Å²) in [6.07, 6.45) is -2.16. The molecule has 3 aliphatic rings. The van der Waals surface area contributed by atoms with Gasteiger partial charge in [-0.1, -0.05) is 0 Å². The molecular formula is C25H26F4N6O2S. The minimum atomic E-state index is -4.83. The number of aromatic nitrogens is 1. The Morgan fingerprint density at radius 2 is 1.95 bits per heavy atom. The molecule has 13 heteroatoms. The minimum absolute atomic E-state index is 0.0794. The van der Waals surface area contributed by atoms with E-state index in [1.54, 1.807) is 11.0 Å². The van der Waals surface area contributed by atoms with Gasteiger partial charge in [-0.25, -0.2) is 9.37 Å². The van der Waals surface area contributed by atoms with Crippen molar-refractivity contribution in [1.82, 2.24) is 15.2 Å². The molecule has 0 bridgehead atoms. The number of amides is 1. The molecule has 1 aromatic carbocycles. The van der Waals surface area contributed by atoms with E-state index in [2.05, 4.69) is 27.8 Å². The zero-order chi connectivity index (χ0) is 27.1. The largest absolute Gasteiger partial charge is 0.489 e. The van der Waals surface area contributed by atoms with Crippen molar-refractivity contribution in [3.63, 3.8) is 0 Å². The predicted octanol–water partition coefficient (Wildman–Crippen LogP) is 3.38. The number of alkyl halides is 3. The lowest BCUT2D eigenvalue weighted by molar-refractivity contribution is -0.138. The van der Waals surface area contributed by atoms with Gasteiger partial charge in [0.05, 0.1) is 17.4 Å². The Hall–Kier alpha value is -3.08. The summed E-state index contributed by atoms with van der Waals surface area (Å²) in [5.74, 6) is -0.973. The van der Waals surface area contributed by atoms with E-state index in [9.17, 15) is 18.0 Å². The van der Waals surface area contributed by atoms with Crippen LogP contribution in [0.4, 0.5) is 28.9 Å². The molecule has 1 spiro atoms. The monoisotopic (exact) mass is 550 g/mol.